The predicted molar refractivity (Wildman–Crippen MR) is 47.4 cm³/mol. The number of hydrogen-bond acceptors (Lipinski definition) is 1. The summed E-state index contributed by atoms with van der Waals surface area (Å²) in [5.74, 6) is 0. The number of hydrogen-bond donors (Lipinski definition) is 1. The molecule has 0 amide bonds. The average Bonchev–Trinajstić information content (AvgIpc) is 2.46. The molecule has 0 saturated carbocycles. The predicted octanol–water partition coefficient (Wildman–Crippen LogP) is 1.19. The molecule has 0 radical (unpaired) electrons. The fourth-order valence-electron chi connectivity index (χ4n) is 1.25. The van der Waals surface area contributed by atoms with Gasteiger partial charge >= 0.3 is 0 Å². The fraction of sp³-hybridized carbons (Fsp3) is 0.222. The number of rotatable bonds is 1. The van der Waals surface area contributed by atoms with Crippen molar-refractivity contribution in [3.63, 3.8) is 0 Å². The summed E-state index contributed by atoms with van der Waals surface area (Å²) in [5, 5.41) is 0. The third-order valence-electron chi connectivity index (χ3n) is 1.92. The smallest absolute Gasteiger partial charge is 0.183 e. The monoisotopic (exact) mass is 162 g/mol. The average molecular weight is 162 g/mol. The molecule has 1 N–H and O–H groups in total. The molecule has 0 fully saturated rings. The molecule has 0 aromatic carbocycles. The first-order valence-corrected chi connectivity index (χ1v) is 3.99. The van der Waals surface area contributed by atoms with Crippen LogP contribution in [0.1, 0.15) is 12.6 Å². The van der Waals surface area contributed by atoms with Crippen LogP contribution in [0.15, 0.2) is 29.3 Å². The molecule has 12 heavy (non-hydrogen) atoms. The highest BCUT2D eigenvalue weighted by Crippen LogP contribution is 2.01. The molecule has 62 valence electrons. The Labute approximate surface area is 69.7 Å². The molecule has 2 aromatic heterocycles. The van der Waals surface area contributed by atoms with Gasteiger partial charge in [0.15, 0.2) is 5.43 Å². The van der Waals surface area contributed by atoms with E-state index in [2.05, 4.69) is 11.9 Å². The summed E-state index contributed by atoms with van der Waals surface area (Å²) < 4.78 is 1.92. The van der Waals surface area contributed by atoms with Crippen LogP contribution in [0.4, 0.5) is 0 Å². The van der Waals surface area contributed by atoms with Crippen molar-refractivity contribution in [3.8, 4) is 0 Å². The molecule has 0 unspecified atom stereocenters. The van der Waals surface area contributed by atoms with Gasteiger partial charge in [-0.2, -0.15) is 0 Å². The van der Waals surface area contributed by atoms with Gasteiger partial charge in [-0.1, -0.05) is 6.92 Å². The molecule has 2 aromatic rings. The molecule has 0 aliphatic carbocycles. The number of fused-ring (bicyclic) bond motifs is 1. The van der Waals surface area contributed by atoms with Crippen molar-refractivity contribution < 1.29 is 0 Å². The Hall–Kier alpha value is -1.51. The number of nitrogens with zero attached hydrogens (tertiary/aromatic N) is 1. The van der Waals surface area contributed by atoms with Gasteiger partial charge < -0.3 is 9.38 Å². The topological polar surface area (TPSA) is 37.3 Å². The van der Waals surface area contributed by atoms with Crippen LogP contribution in [0.5, 0.6) is 0 Å². The van der Waals surface area contributed by atoms with Crippen molar-refractivity contribution in [2.45, 2.75) is 13.3 Å². The van der Waals surface area contributed by atoms with Crippen molar-refractivity contribution >= 4 is 5.65 Å². The van der Waals surface area contributed by atoms with Crippen molar-refractivity contribution in [3.05, 3.63) is 40.4 Å². The summed E-state index contributed by atoms with van der Waals surface area (Å²) in [6.07, 6.45) is 4.72. The van der Waals surface area contributed by atoms with E-state index in [9.17, 15) is 4.79 Å². The fourth-order valence-corrected chi connectivity index (χ4v) is 1.25. The van der Waals surface area contributed by atoms with Gasteiger partial charge in [0, 0.05) is 30.2 Å². The van der Waals surface area contributed by atoms with Crippen molar-refractivity contribution in [2.24, 2.45) is 0 Å². The third-order valence-corrected chi connectivity index (χ3v) is 1.92. The lowest BCUT2D eigenvalue weighted by Gasteiger charge is -1.87. The van der Waals surface area contributed by atoms with Crippen molar-refractivity contribution in [1.82, 2.24) is 9.38 Å². The molecule has 2 heterocycles. The second-order valence-corrected chi connectivity index (χ2v) is 2.79. The summed E-state index contributed by atoms with van der Waals surface area (Å²) in [5.41, 5.74) is 2.04. The molecule has 0 bridgehead atoms. The van der Waals surface area contributed by atoms with Gasteiger partial charge in [-0.15, -0.1) is 0 Å². The van der Waals surface area contributed by atoms with Crippen LogP contribution in [-0.2, 0) is 6.42 Å². The number of nitrogens with one attached hydrogen (secondary N) is 1. The maximum atomic E-state index is 10.9. The van der Waals surface area contributed by atoms with Gasteiger partial charge in [0.05, 0.1) is 0 Å². The molecule has 3 heteroatoms. The molecule has 0 spiro atoms. The van der Waals surface area contributed by atoms with Crippen LogP contribution in [0.2, 0.25) is 0 Å². The highest BCUT2D eigenvalue weighted by Gasteiger charge is 1.96. The van der Waals surface area contributed by atoms with Crippen LogP contribution in [0.25, 0.3) is 5.65 Å². The quantitative estimate of drug-likeness (QED) is 0.672. The van der Waals surface area contributed by atoms with E-state index in [-0.39, 0.29) is 5.43 Å². The second-order valence-electron chi connectivity index (χ2n) is 2.79. The van der Waals surface area contributed by atoms with Crippen LogP contribution in [0, 0.1) is 0 Å². The Morgan fingerprint density at radius 3 is 3.17 bits per heavy atom. The number of aromatic amines is 1. The van der Waals surface area contributed by atoms with E-state index in [1.54, 1.807) is 18.3 Å². The van der Waals surface area contributed by atoms with Gasteiger partial charge in [-0.3, -0.25) is 4.79 Å². The summed E-state index contributed by atoms with van der Waals surface area (Å²) in [6, 6.07) is 3.15. The van der Waals surface area contributed by atoms with Gasteiger partial charge in [-0.05, 0) is 6.42 Å². The summed E-state index contributed by atoms with van der Waals surface area (Å²) in [6.45, 7) is 2.07. The second kappa shape index (κ2) is 2.52. The number of imidazole rings is 1. The molecule has 0 aliphatic rings. The van der Waals surface area contributed by atoms with Gasteiger partial charge in [0.1, 0.15) is 5.65 Å². The minimum atomic E-state index is 0.0412. The third kappa shape index (κ3) is 1.03. The zero-order chi connectivity index (χ0) is 8.55. The largest absolute Gasteiger partial charge is 0.343 e. The Morgan fingerprint density at radius 2 is 2.42 bits per heavy atom. The molecule has 0 saturated heterocycles. The Bertz CT molecular complexity index is 453. The van der Waals surface area contributed by atoms with Gasteiger partial charge in [-0.25, -0.2) is 0 Å². The zero-order valence-electron chi connectivity index (χ0n) is 6.87. The van der Waals surface area contributed by atoms with E-state index < -0.39 is 0 Å². The molecular weight excluding hydrogens is 152 g/mol. The molecule has 3 nitrogen and oxygen atoms in total. The summed E-state index contributed by atoms with van der Waals surface area (Å²) in [7, 11) is 0. The van der Waals surface area contributed by atoms with E-state index >= 15 is 0 Å². The van der Waals surface area contributed by atoms with E-state index in [1.807, 2.05) is 10.6 Å². The lowest BCUT2D eigenvalue weighted by Crippen LogP contribution is -1.97. The molecular formula is C9H10N2O. The van der Waals surface area contributed by atoms with Gasteiger partial charge in [0.2, 0.25) is 0 Å². The standard InChI is InChI=1S/C9H10N2O/c1-2-7-6-11-4-3-8(12)5-9(11)10-7/h3-6,10H,2H2,1H3. The minimum absolute atomic E-state index is 0.0412. The maximum absolute atomic E-state index is 10.9. The van der Waals surface area contributed by atoms with Gasteiger partial charge in [0.25, 0.3) is 0 Å². The first-order chi connectivity index (χ1) is 5.79. The first kappa shape index (κ1) is 7.16. The number of aryl methyl sites for hydroxylation is 1. The zero-order valence-corrected chi connectivity index (χ0v) is 6.87. The molecule has 0 atom stereocenters. The highest BCUT2D eigenvalue weighted by molar-refractivity contribution is 5.39. The lowest BCUT2D eigenvalue weighted by molar-refractivity contribution is 1.07. The van der Waals surface area contributed by atoms with E-state index in [4.69, 9.17) is 0 Å². The Kier molecular flexibility index (Phi) is 1.50. The normalized spacial score (nSPS) is 10.8. The Balaban J connectivity index is 2.75. The van der Waals surface area contributed by atoms with Crippen LogP contribution in [0.3, 0.4) is 0 Å². The Morgan fingerprint density at radius 1 is 1.58 bits per heavy atom. The maximum Gasteiger partial charge on any atom is 0.183 e. The number of pyridine rings is 1. The number of aromatic nitrogens is 2. The lowest BCUT2D eigenvalue weighted by atomic mass is 10.4. The van der Waals surface area contributed by atoms with Crippen LogP contribution < -0.4 is 5.43 Å². The minimum Gasteiger partial charge on any atom is -0.343 e. The molecule has 2 rings (SSSR count). The van der Waals surface area contributed by atoms with E-state index in [0.717, 1.165) is 17.8 Å². The number of H-pyrrole nitrogens is 1. The SMILES string of the molecule is CCc1cn2ccc(=O)cc2[nH]1. The first-order valence-electron chi connectivity index (χ1n) is 3.99. The highest BCUT2D eigenvalue weighted by atomic mass is 16.1. The summed E-state index contributed by atoms with van der Waals surface area (Å²) >= 11 is 0. The van der Waals surface area contributed by atoms with Crippen LogP contribution >= 0.6 is 0 Å². The molecule has 0 aliphatic heterocycles. The van der Waals surface area contributed by atoms with E-state index in [1.165, 1.54) is 0 Å². The van der Waals surface area contributed by atoms with Crippen molar-refractivity contribution in [1.29, 1.82) is 0 Å². The van der Waals surface area contributed by atoms with E-state index in [0.29, 0.717) is 0 Å². The van der Waals surface area contributed by atoms with Crippen molar-refractivity contribution in [2.75, 3.05) is 0 Å². The van der Waals surface area contributed by atoms with Crippen LogP contribution in [-0.4, -0.2) is 9.38 Å². The summed E-state index contributed by atoms with van der Waals surface area (Å²) in [4.78, 5) is 14.1.